The Labute approximate surface area is 220 Å². The molecule has 0 saturated heterocycles. The molecule has 0 bridgehead atoms. The topological polar surface area (TPSA) is 101 Å². The number of anilines is 2. The van der Waals surface area contributed by atoms with Gasteiger partial charge in [0.1, 0.15) is 5.75 Å². The summed E-state index contributed by atoms with van der Waals surface area (Å²) in [7, 11) is -3.67. The van der Waals surface area contributed by atoms with Gasteiger partial charge < -0.3 is 15.4 Å². The Balaban J connectivity index is 1.10. The third-order valence-corrected chi connectivity index (χ3v) is 8.16. The number of hydrogen-bond acceptors (Lipinski definition) is 6. The minimum Gasteiger partial charge on any atom is -0.484 e. The lowest BCUT2D eigenvalue weighted by Gasteiger charge is -2.19. The largest absolute Gasteiger partial charge is 0.484 e. The summed E-state index contributed by atoms with van der Waals surface area (Å²) >= 11 is 6.03. The minimum absolute atomic E-state index is 0.178. The molecule has 10 heteroatoms. The van der Waals surface area contributed by atoms with Gasteiger partial charge in [-0.05, 0) is 66.6 Å². The van der Waals surface area contributed by atoms with E-state index in [4.69, 9.17) is 16.3 Å². The summed E-state index contributed by atoms with van der Waals surface area (Å²) in [5, 5.41) is 7.65. The highest BCUT2D eigenvalue weighted by atomic mass is 35.5. The molecule has 0 radical (unpaired) electrons. The van der Waals surface area contributed by atoms with Crippen molar-refractivity contribution in [2.24, 2.45) is 0 Å². The fourth-order valence-electron chi connectivity index (χ4n) is 4.27. The molecule has 0 fully saturated rings. The molecular weight excluding hydrogens is 512 g/mol. The first-order chi connectivity index (χ1) is 17.9. The van der Waals surface area contributed by atoms with Gasteiger partial charge in [0.05, 0.1) is 16.1 Å². The van der Waals surface area contributed by atoms with E-state index in [1.165, 1.54) is 16.4 Å². The van der Waals surface area contributed by atoms with E-state index in [2.05, 4.69) is 15.6 Å². The Hall–Kier alpha value is -3.82. The van der Waals surface area contributed by atoms with E-state index in [9.17, 15) is 13.2 Å². The van der Waals surface area contributed by atoms with Crippen molar-refractivity contribution in [1.82, 2.24) is 10.3 Å². The molecule has 2 N–H and O–H groups in total. The molecule has 2 heterocycles. The number of para-hydroxylation sites is 1. The van der Waals surface area contributed by atoms with Gasteiger partial charge in [0.25, 0.3) is 15.9 Å². The molecule has 4 aromatic rings. The molecule has 8 nitrogen and oxygen atoms in total. The zero-order valence-corrected chi connectivity index (χ0v) is 21.4. The molecule has 0 atom stereocenters. The number of carbonyl (C=O) groups excluding carboxylic acids is 1. The molecular formula is C27H25ClN4O4S. The number of benzene rings is 3. The van der Waals surface area contributed by atoms with Crippen LogP contribution < -0.4 is 19.7 Å². The normalized spacial score (nSPS) is 12.8. The zero-order valence-electron chi connectivity index (χ0n) is 19.9. The molecule has 1 aromatic heterocycles. The lowest BCUT2D eigenvalue weighted by molar-refractivity contribution is -0.123. The van der Waals surface area contributed by atoms with Gasteiger partial charge in [-0.3, -0.25) is 14.1 Å². The maximum atomic E-state index is 13.1. The van der Waals surface area contributed by atoms with Crippen molar-refractivity contribution in [3.8, 4) is 5.75 Å². The number of aromatic nitrogens is 1. The molecule has 0 aliphatic carbocycles. The second-order valence-electron chi connectivity index (χ2n) is 8.51. The molecule has 0 saturated carbocycles. The third kappa shape index (κ3) is 5.47. The first-order valence-electron chi connectivity index (χ1n) is 11.8. The number of sulfonamides is 1. The quantitative estimate of drug-likeness (QED) is 0.310. The van der Waals surface area contributed by atoms with Crippen LogP contribution >= 0.6 is 11.6 Å². The predicted octanol–water partition coefficient (Wildman–Crippen LogP) is 4.25. The van der Waals surface area contributed by atoms with Crippen molar-refractivity contribution in [2.45, 2.75) is 11.3 Å². The van der Waals surface area contributed by atoms with Gasteiger partial charge in [-0.15, -0.1) is 0 Å². The van der Waals surface area contributed by atoms with Crippen LogP contribution in [0.5, 0.6) is 5.75 Å². The van der Waals surface area contributed by atoms with E-state index in [1.807, 2.05) is 42.5 Å². The van der Waals surface area contributed by atoms with Gasteiger partial charge in [-0.1, -0.05) is 29.8 Å². The van der Waals surface area contributed by atoms with E-state index in [0.717, 1.165) is 27.8 Å². The Morgan fingerprint density at radius 1 is 1.03 bits per heavy atom. The lowest BCUT2D eigenvalue weighted by atomic mass is 10.2. The lowest BCUT2D eigenvalue weighted by Crippen LogP contribution is -2.32. The SMILES string of the molecule is O=C(COc1ccc(S(=O)(=O)N2CCc3ccccc32)cc1)NCCNc1ccnc2cc(Cl)ccc12. The second-order valence-corrected chi connectivity index (χ2v) is 10.8. The standard InChI is InChI=1S/C27H25ClN4O4S/c28-20-5-10-23-24(11-13-29-25(23)17-20)30-14-15-31-27(33)18-36-21-6-8-22(9-7-21)37(34,35)32-16-12-19-3-1-2-4-26(19)32/h1-11,13,17H,12,14-16,18H2,(H,29,30)(H,31,33). The zero-order chi connectivity index (χ0) is 25.8. The summed E-state index contributed by atoms with van der Waals surface area (Å²) in [5.74, 6) is 0.134. The van der Waals surface area contributed by atoms with Crippen LogP contribution in [0.2, 0.25) is 5.02 Å². The monoisotopic (exact) mass is 536 g/mol. The van der Waals surface area contributed by atoms with Crippen molar-refractivity contribution < 1.29 is 17.9 Å². The van der Waals surface area contributed by atoms with Crippen molar-refractivity contribution >= 4 is 49.8 Å². The van der Waals surface area contributed by atoms with Crippen LogP contribution in [-0.4, -0.2) is 45.6 Å². The van der Waals surface area contributed by atoms with Gasteiger partial charge in [-0.2, -0.15) is 0 Å². The van der Waals surface area contributed by atoms with Crippen LogP contribution in [0.3, 0.4) is 0 Å². The number of hydrogen-bond donors (Lipinski definition) is 2. The summed E-state index contributed by atoms with van der Waals surface area (Å²) < 4.78 is 33.2. The van der Waals surface area contributed by atoms with Crippen molar-refractivity contribution in [3.63, 3.8) is 0 Å². The predicted molar refractivity (Wildman–Crippen MR) is 145 cm³/mol. The van der Waals surface area contributed by atoms with Crippen LogP contribution in [0.4, 0.5) is 11.4 Å². The smallest absolute Gasteiger partial charge is 0.264 e. The molecule has 3 aromatic carbocycles. The van der Waals surface area contributed by atoms with Crippen LogP contribution in [-0.2, 0) is 21.2 Å². The Morgan fingerprint density at radius 3 is 2.68 bits per heavy atom. The number of pyridine rings is 1. The highest BCUT2D eigenvalue weighted by Crippen LogP contribution is 2.33. The van der Waals surface area contributed by atoms with E-state index in [1.54, 1.807) is 24.4 Å². The number of halogens is 1. The van der Waals surface area contributed by atoms with Crippen molar-refractivity contribution in [3.05, 3.63) is 89.6 Å². The summed E-state index contributed by atoms with van der Waals surface area (Å²) in [5.41, 5.74) is 3.43. The molecule has 37 heavy (non-hydrogen) atoms. The first kappa shape index (κ1) is 24.9. The number of rotatable bonds is 9. The molecule has 0 unspecified atom stereocenters. The summed E-state index contributed by atoms with van der Waals surface area (Å²) in [6.07, 6.45) is 2.39. The van der Waals surface area contributed by atoms with E-state index in [-0.39, 0.29) is 17.4 Å². The summed E-state index contributed by atoms with van der Waals surface area (Å²) in [6, 6.07) is 21.0. The van der Waals surface area contributed by atoms with Gasteiger partial charge in [0.15, 0.2) is 6.61 Å². The fraction of sp³-hybridized carbons (Fsp3) is 0.185. The van der Waals surface area contributed by atoms with Gasteiger partial charge in [-0.25, -0.2) is 8.42 Å². The number of nitrogens with one attached hydrogen (secondary N) is 2. The number of nitrogens with zero attached hydrogens (tertiary/aromatic N) is 2. The Kier molecular flexibility index (Phi) is 7.16. The van der Waals surface area contributed by atoms with Gasteiger partial charge in [0, 0.05) is 41.9 Å². The fourth-order valence-corrected chi connectivity index (χ4v) is 5.94. The van der Waals surface area contributed by atoms with Crippen molar-refractivity contribution in [2.75, 3.05) is 35.9 Å². The van der Waals surface area contributed by atoms with Crippen LogP contribution in [0.25, 0.3) is 10.9 Å². The molecule has 1 aliphatic rings. The number of carbonyl (C=O) groups is 1. The molecule has 0 spiro atoms. The Bertz CT molecular complexity index is 1540. The summed E-state index contributed by atoms with van der Waals surface area (Å²) in [4.78, 5) is 16.7. The van der Waals surface area contributed by atoms with Gasteiger partial charge >= 0.3 is 0 Å². The van der Waals surface area contributed by atoms with Gasteiger partial charge in [0.2, 0.25) is 0 Å². The number of amides is 1. The number of ether oxygens (including phenoxy) is 1. The van der Waals surface area contributed by atoms with Crippen LogP contribution in [0, 0.1) is 0 Å². The van der Waals surface area contributed by atoms with Crippen molar-refractivity contribution in [1.29, 1.82) is 0 Å². The second kappa shape index (κ2) is 10.7. The van der Waals surface area contributed by atoms with E-state index in [0.29, 0.717) is 36.8 Å². The average molecular weight is 537 g/mol. The molecule has 190 valence electrons. The highest BCUT2D eigenvalue weighted by Gasteiger charge is 2.30. The third-order valence-electron chi connectivity index (χ3n) is 6.09. The highest BCUT2D eigenvalue weighted by molar-refractivity contribution is 7.92. The van der Waals surface area contributed by atoms with Crippen LogP contribution in [0.15, 0.2) is 83.9 Å². The maximum Gasteiger partial charge on any atom is 0.264 e. The molecule has 1 amide bonds. The van der Waals surface area contributed by atoms with E-state index >= 15 is 0 Å². The maximum absolute atomic E-state index is 13.1. The van der Waals surface area contributed by atoms with E-state index < -0.39 is 10.0 Å². The molecule has 1 aliphatic heterocycles. The first-order valence-corrected chi connectivity index (χ1v) is 13.6. The van der Waals surface area contributed by atoms with Crippen LogP contribution in [0.1, 0.15) is 5.56 Å². The minimum atomic E-state index is -3.67. The average Bonchev–Trinajstić information content (AvgIpc) is 3.35. The molecule has 5 rings (SSSR count). The number of fused-ring (bicyclic) bond motifs is 2. The Morgan fingerprint density at radius 2 is 1.84 bits per heavy atom. The summed E-state index contributed by atoms with van der Waals surface area (Å²) in [6.45, 7) is 1.15.